The number of carbonyl (C=O) groups is 2. The van der Waals surface area contributed by atoms with E-state index in [9.17, 15) is 9.59 Å². The second-order valence-electron chi connectivity index (χ2n) is 3.21. The average molecular weight is 231 g/mol. The molecular formula is C10H17NO3S. The predicted molar refractivity (Wildman–Crippen MR) is 62.0 cm³/mol. The van der Waals surface area contributed by atoms with Gasteiger partial charge in [0.15, 0.2) is 0 Å². The number of hydrogen-bond acceptors (Lipinski definition) is 3. The molecule has 0 aliphatic heterocycles. The smallest absolute Gasteiger partial charge is 0.327 e. The third kappa shape index (κ3) is 7.02. The maximum Gasteiger partial charge on any atom is 0.327 e. The van der Waals surface area contributed by atoms with Gasteiger partial charge in [-0.05, 0) is 6.42 Å². The Morgan fingerprint density at radius 2 is 2.13 bits per heavy atom. The fourth-order valence-corrected chi connectivity index (χ4v) is 1.92. The first-order valence-electron chi connectivity index (χ1n) is 4.71. The maximum absolute atomic E-state index is 10.7. The van der Waals surface area contributed by atoms with E-state index in [1.165, 1.54) is 18.7 Å². The monoisotopic (exact) mass is 231 g/mol. The molecule has 4 nitrogen and oxygen atoms in total. The van der Waals surface area contributed by atoms with Gasteiger partial charge in [0.25, 0.3) is 0 Å². The summed E-state index contributed by atoms with van der Waals surface area (Å²) in [6.45, 7) is 7.14. The lowest BCUT2D eigenvalue weighted by molar-refractivity contribution is -0.140. The number of rotatable bonds is 7. The lowest BCUT2D eigenvalue weighted by Gasteiger charge is -2.12. The Morgan fingerprint density at radius 3 is 2.53 bits per heavy atom. The molecular weight excluding hydrogens is 214 g/mol. The normalized spacial score (nSPS) is 11.9. The minimum Gasteiger partial charge on any atom is -0.480 e. The van der Waals surface area contributed by atoms with Gasteiger partial charge in [-0.2, -0.15) is 11.8 Å². The van der Waals surface area contributed by atoms with Crippen LogP contribution in [0.15, 0.2) is 12.2 Å². The summed E-state index contributed by atoms with van der Waals surface area (Å²) in [4.78, 5) is 21.4. The second-order valence-corrected chi connectivity index (χ2v) is 4.24. The van der Waals surface area contributed by atoms with E-state index >= 15 is 0 Å². The molecule has 1 amide bonds. The van der Waals surface area contributed by atoms with Crippen molar-refractivity contribution in [2.24, 2.45) is 0 Å². The van der Waals surface area contributed by atoms with Crippen LogP contribution in [-0.4, -0.2) is 34.5 Å². The molecule has 0 saturated heterocycles. The Morgan fingerprint density at radius 1 is 1.53 bits per heavy atom. The summed E-state index contributed by atoms with van der Waals surface area (Å²) >= 11 is 1.47. The molecule has 86 valence electrons. The SMILES string of the molecule is C=C(CC)CSC[C@H](NC(C)=O)C(=O)O. The highest BCUT2D eigenvalue weighted by molar-refractivity contribution is 7.99. The van der Waals surface area contributed by atoms with Crippen LogP contribution in [0.25, 0.3) is 0 Å². The van der Waals surface area contributed by atoms with Crippen LogP contribution < -0.4 is 5.32 Å². The first-order chi connectivity index (χ1) is 6.97. The number of thioether (sulfide) groups is 1. The fourth-order valence-electron chi connectivity index (χ4n) is 0.843. The van der Waals surface area contributed by atoms with Crippen LogP contribution in [0.4, 0.5) is 0 Å². The van der Waals surface area contributed by atoms with Gasteiger partial charge in [-0.1, -0.05) is 19.1 Å². The molecule has 0 aromatic rings. The summed E-state index contributed by atoms with van der Waals surface area (Å²) < 4.78 is 0. The minimum atomic E-state index is -1.00. The quantitative estimate of drug-likeness (QED) is 0.648. The van der Waals surface area contributed by atoms with E-state index in [2.05, 4.69) is 11.9 Å². The molecule has 0 bridgehead atoms. The number of nitrogens with one attached hydrogen (secondary N) is 1. The average Bonchev–Trinajstić information content (AvgIpc) is 2.15. The molecule has 15 heavy (non-hydrogen) atoms. The van der Waals surface area contributed by atoms with Crippen molar-refractivity contribution < 1.29 is 14.7 Å². The largest absolute Gasteiger partial charge is 0.480 e. The second kappa shape index (κ2) is 7.34. The summed E-state index contributed by atoms with van der Waals surface area (Å²) in [7, 11) is 0. The van der Waals surface area contributed by atoms with Crippen LogP contribution in [0.5, 0.6) is 0 Å². The zero-order valence-electron chi connectivity index (χ0n) is 9.08. The van der Waals surface area contributed by atoms with Gasteiger partial charge in [-0.25, -0.2) is 4.79 Å². The molecule has 0 aliphatic rings. The summed E-state index contributed by atoms with van der Waals surface area (Å²) in [5, 5.41) is 11.2. The lowest BCUT2D eigenvalue weighted by Crippen LogP contribution is -2.41. The number of carboxylic acids is 1. The van der Waals surface area contributed by atoms with Gasteiger partial charge in [0.2, 0.25) is 5.91 Å². The Hall–Kier alpha value is -0.970. The van der Waals surface area contributed by atoms with Crippen molar-refractivity contribution >= 4 is 23.6 Å². The van der Waals surface area contributed by atoms with E-state index in [0.717, 1.165) is 17.7 Å². The van der Waals surface area contributed by atoms with E-state index < -0.39 is 12.0 Å². The zero-order valence-corrected chi connectivity index (χ0v) is 9.89. The molecule has 5 heteroatoms. The molecule has 0 aromatic carbocycles. The Labute approximate surface area is 94.1 Å². The van der Waals surface area contributed by atoms with Gasteiger partial charge in [0.1, 0.15) is 6.04 Å². The third-order valence-electron chi connectivity index (χ3n) is 1.77. The van der Waals surface area contributed by atoms with Crippen LogP contribution >= 0.6 is 11.8 Å². The van der Waals surface area contributed by atoms with E-state index in [-0.39, 0.29) is 5.91 Å². The fraction of sp³-hybridized carbons (Fsp3) is 0.600. The highest BCUT2D eigenvalue weighted by Crippen LogP contribution is 2.10. The number of carboxylic acid groups (broad SMARTS) is 1. The molecule has 0 rings (SSSR count). The minimum absolute atomic E-state index is 0.322. The van der Waals surface area contributed by atoms with Crippen LogP contribution in [0.2, 0.25) is 0 Å². The first-order valence-corrected chi connectivity index (χ1v) is 5.87. The van der Waals surface area contributed by atoms with Gasteiger partial charge < -0.3 is 10.4 Å². The van der Waals surface area contributed by atoms with E-state index in [1.54, 1.807) is 0 Å². The highest BCUT2D eigenvalue weighted by atomic mass is 32.2. The first kappa shape index (κ1) is 14.0. The topological polar surface area (TPSA) is 66.4 Å². The summed E-state index contributed by atoms with van der Waals surface area (Å²) in [5.41, 5.74) is 1.08. The molecule has 0 saturated carbocycles. The summed E-state index contributed by atoms with van der Waals surface area (Å²) in [6.07, 6.45) is 0.894. The van der Waals surface area contributed by atoms with Crippen molar-refractivity contribution in [2.45, 2.75) is 26.3 Å². The van der Waals surface area contributed by atoms with Gasteiger partial charge in [0, 0.05) is 18.4 Å². The Balaban J connectivity index is 3.91. The molecule has 0 aromatic heterocycles. The summed E-state index contributed by atoms with van der Waals surface area (Å²) in [5.74, 6) is -0.217. The predicted octanol–water partition coefficient (Wildman–Crippen LogP) is 1.28. The van der Waals surface area contributed by atoms with E-state index in [0.29, 0.717) is 5.75 Å². The number of carbonyl (C=O) groups excluding carboxylic acids is 1. The zero-order chi connectivity index (χ0) is 11.8. The highest BCUT2D eigenvalue weighted by Gasteiger charge is 2.17. The van der Waals surface area contributed by atoms with Gasteiger partial charge >= 0.3 is 5.97 Å². The lowest BCUT2D eigenvalue weighted by atomic mass is 10.3. The van der Waals surface area contributed by atoms with Crippen LogP contribution in [0.1, 0.15) is 20.3 Å². The van der Waals surface area contributed by atoms with Gasteiger partial charge in [-0.3, -0.25) is 4.79 Å². The Kier molecular flexibility index (Phi) is 6.86. The molecule has 0 fully saturated rings. The molecule has 0 heterocycles. The Bertz CT molecular complexity index is 253. The third-order valence-corrected chi connectivity index (χ3v) is 2.95. The molecule has 2 N–H and O–H groups in total. The van der Waals surface area contributed by atoms with Crippen LogP contribution in [0.3, 0.4) is 0 Å². The van der Waals surface area contributed by atoms with Gasteiger partial charge in [0.05, 0.1) is 0 Å². The molecule has 0 radical (unpaired) electrons. The molecule has 0 spiro atoms. The summed E-state index contributed by atoms with van der Waals surface area (Å²) in [6, 6.07) is -0.808. The van der Waals surface area contributed by atoms with Crippen LogP contribution in [-0.2, 0) is 9.59 Å². The molecule has 0 unspecified atom stereocenters. The van der Waals surface area contributed by atoms with Crippen molar-refractivity contribution in [3.63, 3.8) is 0 Å². The van der Waals surface area contributed by atoms with E-state index in [1.807, 2.05) is 6.92 Å². The molecule has 0 aliphatic carbocycles. The van der Waals surface area contributed by atoms with Crippen molar-refractivity contribution in [2.75, 3.05) is 11.5 Å². The molecule has 1 atom stereocenters. The van der Waals surface area contributed by atoms with Crippen molar-refractivity contribution in [3.8, 4) is 0 Å². The number of hydrogen-bond donors (Lipinski definition) is 2. The number of aliphatic carboxylic acids is 1. The number of amides is 1. The maximum atomic E-state index is 10.7. The van der Waals surface area contributed by atoms with Crippen molar-refractivity contribution in [1.82, 2.24) is 5.32 Å². The van der Waals surface area contributed by atoms with Gasteiger partial charge in [-0.15, -0.1) is 0 Å². The standard InChI is InChI=1S/C10H17NO3S/c1-4-7(2)5-15-6-9(10(13)14)11-8(3)12/h9H,2,4-6H2,1,3H3,(H,11,12)(H,13,14)/t9-/m0/s1. The van der Waals surface area contributed by atoms with Crippen molar-refractivity contribution in [1.29, 1.82) is 0 Å². The van der Waals surface area contributed by atoms with E-state index in [4.69, 9.17) is 5.11 Å². The van der Waals surface area contributed by atoms with Crippen LogP contribution in [0, 0.1) is 0 Å². The van der Waals surface area contributed by atoms with Crippen molar-refractivity contribution in [3.05, 3.63) is 12.2 Å².